The van der Waals surface area contributed by atoms with Gasteiger partial charge in [-0.05, 0) is 36.2 Å². The number of aromatic nitrogens is 3. The van der Waals surface area contributed by atoms with Crippen LogP contribution < -0.4 is 11.1 Å². The molecular formula is C14H15N5. The van der Waals surface area contributed by atoms with E-state index in [2.05, 4.69) is 15.4 Å². The van der Waals surface area contributed by atoms with Gasteiger partial charge < -0.3 is 11.1 Å². The minimum Gasteiger partial charge on any atom is -0.399 e. The first-order valence-corrected chi connectivity index (χ1v) is 6.21. The minimum atomic E-state index is 0.654. The summed E-state index contributed by atoms with van der Waals surface area (Å²) in [5.41, 5.74) is 8.53. The number of hydrogen-bond donors (Lipinski definition) is 2. The fraction of sp³-hybridized carbons (Fsp3) is 0.143. The Morgan fingerprint density at radius 1 is 1.11 bits per heavy atom. The van der Waals surface area contributed by atoms with Gasteiger partial charge in [-0.15, -0.1) is 5.10 Å². The predicted octanol–water partition coefficient (Wildman–Crippen LogP) is 1.97. The standard InChI is InChI=1S/C14H15N5/c15-12-6-4-11(5-7-12)8-9-16-14-17-13-3-1-2-10-19(13)18-14/h1-7,10H,8-9,15H2,(H,16,18). The molecule has 3 N–H and O–H groups in total. The number of hydrogen-bond acceptors (Lipinski definition) is 4. The molecule has 2 heterocycles. The third kappa shape index (κ3) is 2.65. The molecular weight excluding hydrogens is 238 g/mol. The second-order valence-electron chi connectivity index (χ2n) is 4.36. The number of nitrogens with two attached hydrogens (primary N) is 1. The van der Waals surface area contributed by atoms with Crippen molar-refractivity contribution in [2.75, 3.05) is 17.6 Å². The summed E-state index contributed by atoms with van der Waals surface area (Å²) in [6.07, 6.45) is 2.79. The van der Waals surface area contributed by atoms with Crippen LogP contribution in [0.2, 0.25) is 0 Å². The second kappa shape index (κ2) is 4.97. The summed E-state index contributed by atoms with van der Waals surface area (Å²) in [7, 11) is 0. The number of benzene rings is 1. The zero-order chi connectivity index (χ0) is 13.1. The van der Waals surface area contributed by atoms with E-state index in [4.69, 9.17) is 5.73 Å². The van der Waals surface area contributed by atoms with Crippen LogP contribution in [0.1, 0.15) is 5.56 Å². The lowest BCUT2D eigenvalue weighted by atomic mass is 10.1. The van der Waals surface area contributed by atoms with E-state index in [0.717, 1.165) is 24.3 Å². The molecule has 0 spiro atoms. The summed E-state index contributed by atoms with van der Waals surface area (Å²) in [6.45, 7) is 0.792. The molecule has 0 saturated carbocycles. The van der Waals surface area contributed by atoms with Gasteiger partial charge in [0.25, 0.3) is 0 Å². The Morgan fingerprint density at radius 2 is 1.95 bits per heavy atom. The van der Waals surface area contributed by atoms with Crippen LogP contribution in [0.3, 0.4) is 0 Å². The number of nitrogens with one attached hydrogen (secondary N) is 1. The first-order valence-electron chi connectivity index (χ1n) is 6.21. The quantitative estimate of drug-likeness (QED) is 0.697. The van der Waals surface area contributed by atoms with Crippen molar-refractivity contribution in [2.24, 2.45) is 0 Å². The molecule has 0 unspecified atom stereocenters. The third-order valence-corrected chi connectivity index (χ3v) is 2.92. The molecule has 5 nitrogen and oxygen atoms in total. The van der Waals surface area contributed by atoms with Crippen molar-refractivity contribution < 1.29 is 0 Å². The Kier molecular flexibility index (Phi) is 3.02. The monoisotopic (exact) mass is 253 g/mol. The van der Waals surface area contributed by atoms with Gasteiger partial charge in [0.2, 0.25) is 5.95 Å². The average Bonchev–Trinajstić information content (AvgIpc) is 2.83. The smallest absolute Gasteiger partial charge is 0.243 e. The summed E-state index contributed by atoms with van der Waals surface area (Å²) < 4.78 is 1.76. The van der Waals surface area contributed by atoms with E-state index in [-0.39, 0.29) is 0 Å². The molecule has 0 radical (unpaired) electrons. The van der Waals surface area contributed by atoms with Gasteiger partial charge in [-0.3, -0.25) is 0 Å². The number of nitrogen functional groups attached to an aromatic ring is 1. The molecule has 0 amide bonds. The highest BCUT2D eigenvalue weighted by Crippen LogP contribution is 2.07. The summed E-state index contributed by atoms with van der Waals surface area (Å²) >= 11 is 0. The molecule has 0 atom stereocenters. The first-order chi connectivity index (χ1) is 9.31. The normalized spacial score (nSPS) is 10.7. The molecule has 19 heavy (non-hydrogen) atoms. The number of nitrogens with zero attached hydrogens (tertiary/aromatic N) is 3. The molecule has 1 aromatic carbocycles. The fourth-order valence-electron chi connectivity index (χ4n) is 1.91. The number of rotatable bonds is 4. The Balaban J connectivity index is 1.61. The lowest BCUT2D eigenvalue weighted by Gasteiger charge is -2.02. The minimum absolute atomic E-state index is 0.654. The van der Waals surface area contributed by atoms with E-state index in [0.29, 0.717) is 5.95 Å². The predicted molar refractivity (Wildman–Crippen MR) is 76.0 cm³/mol. The van der Waals surface area contributed by atoms with Crippen molar-refractivity contribution in [3.8, 4) is 0 Å². The largest absolute Gasteiger partial charge is 0.399 e. The third-order valence-electron chi connectivity index (χ3n) is 2.92. The molecule has 5 heteroatoms. The average molecular weight is 253 g/mol. The summed E-state index contributed by atoms with van der Waals surface area (Å²) in [6, 6.07) is 13.7. The lowest BCUT2D eigenvalue weighted by Crippen LogP contribution is -2.06. The molecule has 0 aliphatic carbocycles. The molecule has 0 aliphatic heterocycles. The van der Waals surface area contributed by atoms with E-state index in [1.54, 1.807) is 4.52 Å². The second-order valence-corrected chi connectivity index (χ2v) is 4.36. The van der Waals surface area contributed by atoms with E-state index in [9.17, 15) is 0 Å². The zero-order valence-corrected chi connectivity index (χ0v) is 10.5. The van der Waals surface area contributed by atoms with Gasteiger partial charge in [0.1, 0.15) is 0 Å². The summed E-state index contributed by atoms with van der Waals surface area (Å²) in [5.74, 6) is 0.654. The van der Waals surface area contributed by atoms with Crippen molar-refractivity contribution >= 4 is 17.3 Å². The Bertz CT molecular complexity index is 639. The lowest BCUT2D eigenvalue weighted by molar-refractivity contribution is 0.937. The van der Waals surface area contributed by atoms with Gasteiger partial charge in [0, 0.05) is 18.4 Å². The molecule has 0 bridgehead atoms. The van der Waals surface area contributed by atoms with E-state index in [1.807, 2.05) is 48.7 Å². The van der Waals surface area contributed by atoms with Gasteiger partial charge in [-0.2, -0.15) is 4.98 Å². The molecule has 3 aromatic rings. The van der Waals surface area contributed by atoms with Gasteiger partial charge >= 0.3 is 0 Å². The summed E-state index contributed by atoms with van der Waals surface area (Å²) in [5, 5.41) is 7.56. The van der Waals surface area contributed by atoms with Crippen LogP contribution in [-0.2, 0) is 6.42 Å². The van der Waals surface area contributed by atoms with Gasteiger partial charge in [0.05, 0.1) is 0 Å². The van der Waals surface area contributed by atoms with E-state index >= 15 is 0 Å². The van der Waals surface area contributed by atoms with Crippen molar-refractivity contribution in [3.63, 3.8) is 0 Å². The van der Waals surface area contributed by atoms with Gasteiger partial charge in [-0.25, -0.2) is 4.52 Å². The number of anilines is 2. The SMILES string of the molecule is Nc1ccc(CCNc2nc3ccccn3n2)cc1. The van der Waals surface area contributed by atoms with Crippen LogP contribution >= 0.6 is 0 Å². The van der Waals surface area contributed by atoms with Crippen LogP contribution in [0, 0.1) is 0 Å². The number of pyridine rings is 1. The molecule has 0 aliphatic rings. The topological polar surface area (TPSA) is 68.2 Å². The van der Waals surface area contributed by atoms with Crippen molar-refractivity contribution in [1.29, 1.82) is 0 Å². The van der Waals surface area contributed by atoms with Crippen LogP contribution in [0.5, 0.6) is 0 Å². The Hall–Kier alpha value is -2.56. The number of fused-ring (bicyclic) bond motifs is 1. The fourth-order valence-corrected chi connectivity index (χ4v) is 1.91. The Labute approximate surface area is 111 Å². The summed E-state index contributed by atoms with van der Waals surface area (Å²) in [4.78, 5) is 4.38. The highest BCUT2D eigenvalue weighted by Gasteiger charge is 2.01. The zero-order valence-electron chi connectivity index (χ0n) is 10.5. The highest BCUT2D eigenvalue weighted by atomic mass is 15.3. The van der Waals surface area contributed by atoms with Crippen LogP contribution in [0.25, 0.3) is 5.65 Å². The van der Waals surface area contributed by atoms with Gasteiger partial charge in [-0.1, -0.05) is 18.2 Å². The van der Waals surface area contributed by atoms with Gasteiger partial charge in [0.15, 0.2) is 5.65 Å². The van der Waals surface area contributed by atoms with Crippen molar-refractivity contribution in [1.82, 2.24) is 14.6 Å². The van der Waals surface area contributed by atoms with Crippen LogP contribution in [0.15, 0.2) is 48.7 Å². The maximum absolute atomic E-state index is 5.65. The molecule has 0 fully saturated rings. The van der Waals surface area contributed by atoms with Crippen LogP contribution in [0.4, 0.5) is 11.6 Å². The molecule has 2 aromatic heterocycles. The maximum Gasteiger partial charge on any atom is 0.243 e. The van der Waals surface area contributed by atoms with Crippen molar-refractivity contribution in [2.45, 2.75) is 6.42 Å². The first kappa shape index (κ1) is 11.5. The molecule has 96 valence electrons. The highest BCUT2D eigenvalue weighted by molar-refractivity contribution is 5.43. The molecule has 0 saturated heterocycles. The van der Waals surface area contributed by atoms with Crippen molar-refractivity contribution in [3.05, 3.63) is 54.2 Å². The maximum atomic E-state index is 5.65. The Morgan fingerprint density at radius 3 is 2.74 bits per heavy atom. The van der Waals surface area contributed by atoms with E-state index < -0.39 is 0 Å². The van der Waals surface area contributed by atoms with E-state index in [1.165, 1.54) is 5.56 Å². The molecule has 3 rings (SSSR count). The van der Waals surface area contributed by atoms with Crippen LogP contribution in [-0.4, -0.2) is 21.1 Å².